The van der Waals surface area contributed by atoms with Gasteiger partial charge in [0.2, 0.25) is 0 Å². The molecule has 0 saturated carbocycles. The molecule has 0 unspecified atom stereocenters. The Bertz CT molecular complexity index is 1490. The van der Waals surface area contributed by atoms with Gasteiger partial charge >= 0.3 is 0 Å². The monoisotopic (exact) mass is 434 g/mol. The Labute approximate surface area is 188 Å². The van der Waals surface area contributed by atoms with Crippen molar-refractivity contribution in [1.29, 1.82) is 0 Å². The molecule has 131 valence electrons. The van der Waals surface area contributed by atoms with Crippen molar-refractivity contribution in [3.05, 3.63) is 84.9 Å². The summed E-state index contributed by atoms with van der Waals surface area (Å²) in [5, 5.41) is 5.05. The normalized spacial score (nSPS) is 11.5. The quantitative estimate of drug-likeness (QED) is 0.299. The molecule has 2 heterocycles. The van der Waals surface area contributed by atoms with E-state index in [0.29, 0.717) is 0 Å². The van der Waals surface area contributed by atoms with Crippen molar-refractivity contribution in [2.45, 2.75) is 0 Å². The molecule has 28 heavy (non-hydrogen) atoms. The van der Waals surface area contributed by atoms with Gasteiger partial charge in [0.25, 0.3) is 0 Å². The summed E-state index contributed by atoms with van der Waals surface area (Å²) in [5.74, 6) is 0. The summed E-state index contributed by atoms with van der Waals surface area (Å²) in [6, 6.07) is 30.3. The minimum Gasteiger partial charge on any atom is -0.657 e. The Hall–Kier alpha value is -2.42. The number of fused-ring (bicyclic) bond motifs is 6. The molecule has 4 aromatic carbocycles. The van der Waals surface area contributed by atoms with E-state index in [1.54, 1.807) is 0 Å². The molecule has 1 radical (unpaired) electrons. The average molecular weight is 434 g/mol. The molecule has 0 aliphatic heterocycles. The third kappa shape index (κ3) is 2.48. The van der Waals surface area contributed by atoms with Gasteiger partial charge in [0.05, 0.1) is 0 Å². The molecule has 3 heteroatoms. The van der Waals surface area contributed by atoms with Gasteiger partial charge in [0.15, 0.2) is 0 Å². The van der Waals surface area contributed by atoms with Crippen LogP contribution < -0.4 is 4.98 Å². The van der Waals surface area contributed by atoms with Crippen molar-refractivity contribution in [3.8, 4) is 11.1 Å². The fourth-order valence-electron chi connectivity index (χ4n) is 4.30. The van der Waals surface area contributed by atoms with Crippen LogP contribution in [-0.4, -0.2) is 4.57 Å². The second-order valence-electron chi connectivity index (χ2n) is 7.17. The minimum absolute atomic E-state index is 0. The van der Waals surface area contributed by atoms with Crippen molar-refractivity contribution in [2.24, 2.45) is 7.05 Å². The summed E-state index contributed by atoms with van der Waals surface area (Å²) in [6.07, 6.45) is 0. The third-order valence-corrected chi connectivity index (χ3v) is 5.68. The fraction of sp³-hybridized carbons (Fsp3) is 0.0400. The van der Waals surface area contributed by atoms with Crippen molar-refractivity contribution in [2.75, 3.05) is 0 Å². The molecule has 0 spiro atoms. The summed E-state index contributed by atoms with van der Waals surface area (Å²) in [4.78, 5) is 4.74. The smallest absolute Gasteiger partial charge is 0.0489 e. The SMILES string of the molecule is Cn1c2ccccc2c2cc(-c3ccc4[n-]c5ccccc5c4c3)ccc21.[Y]. The number of para-hydroxylation sites is 2. The van der Waals surface area contributed by atoms with Gasteiger partial charge in [-0.1, -0.05) is 60.7 Å². The number of hydrogen-bond acceptors (Lipinski definition) is 0. The van der Waals surface area contributed by atoms with Crippen molar-refractivity contribution in [3.63, 3.8) is 0 Å². The van der Waals surface area contributed by atoms with E-state index in [0.717, 1.165) is 11.0 Å². The summed E-state index contributed by atoms with van der Waals surface area (Å²) >= 11 is 0. The van der Waals surface area contributed by atoms with E-state index >= 15 is 0 Å². The number of benzene rings is 4. The van der Waals surface area contributed by atoms with Crippen LogP contribution in [0.5, 0.6) is 0 Å². The van der Waals surface area contributed by atoms with E-state index < -0.39 is 0 Å². The summed E-state index contributed by atoms with van der Waals surface area (Å²) in [6.45, 7) is 0. The molecule has 0 N–H and O–H groups in total. The average Bonchev–Trinajstić information content (AvgIpc) is 3.23. The zero-order valence-corrected chi connectivity index (χ0v) is 18.4. The van der Waals surface area contributed by atoms with E-state index in [-0.39, 0.29) is 32.7 Å². The maximum absolute atomic E-state index is 4.74. The van der Waals surface area contributed by atoms with E-state index in [9.17, 15) is 0 Å². The molecule has 6 aromatic rings. The van der Waals surface area contributed by atoms with E-state index in [2.05, 4.69) is 90.5 Å². The Morgan fingerprint density at radius 2 is 1.18 bits per heavy atom. The van der Waals surface area contributed by atoms with Gasteiger partial charge in [-0.2, -0.15) is 0 Å². The van der Waals surface area contributed by atoms with Crippen LogP contribution in [0.1, 0.15) is 0 Å². The summed E-state index contributed by atoms with van der Waals surface area (Å²) in [7, 11) is 2.14. The summed E-state index contributed by atoms with van der Waals surface area (Å²) < 4.78 is 2.27. The number of nitrogens with zero attached hydrogens (tertiary/aromatic N) is 2. The number of hydrogen-bond donors (Lipinski definition) is 0. The first kappa shape index (κ1) is 17.7. The molecule has 0 bridgehead atoms. The molecule has 0 saturated heterocycles. The Kier molecular flexibility index (Phi) is 4.15. The first-order valence-electron chi connectivity index (χ1n) is 9.22. The maximum Gasteiger partial charge on any atom is 0.0489 e. The summed E-state index contributed by atoms with van der Waals surface area (Å²) in [5.41, 5.74) is 7.13. The van der Waals surface area contributed by atoms with Gasteiger partial charge in [-0.05, 0) is 46.2 Å². The molecular formula is C25H17N2Y-. The Morgan fingerprint density at radius 3 is 2.04 bits per heavy atom. The number of aromatic nitrogens is 2. The van der Waals surface area contributed by atoms with E-state index in [1.807, 2.05) is 6.07 Å². The fourth-order valence-corrected chi connectivity index (χ4v) is 4.30. The van der Waals surface area contributed by atoms with Crippen molar-refractivity contribution >= 4 is 43.6 Å². The number of rotatable bonds is 1. The van der Waals surface area contributed by atoms with E-state index in [1.165, 1.54) is 43.7 Å². The zero-order valence-electron chi connectivity index (χ0n) is 15.6. The minimum atomic E-state index is 0. The first-order valence-corrected chi connectivity index (χ1v) is 9.22. The third-order valence-electron chi connectivity index (χ3n) is 5.68. The molecule has 6 rings (SSSR count). The van der Waals surface area contributed by atoms with Crippen LogP contribution in [0.2, 0.25) is 0 Å². The number of aryl methyl sites for hydroxylation is 1. The van der Waals surface area contributed by atoms with Gasteiger partial charge < -0.3 is 9.55 Å². The topological polar surface area (TPSA) is 19.0 Å². The molecule has 2 nitrogen and oxygen atoms in total. The standard InChI is InChI=1S/C25H17N2.Y/c1-27-24-9-5-3-7-19(24)21-15-17(11-13-25(21)27)16-10-12-23-20(14-16)18-6-2-4-8-22(18)26-23;/h2-15H,1H3;/q-1;. The predicted molar refractivity (Wildman–Crippen MR) is 114 cm³/mol. The van der Waals surface area contributed by atoms with Gasteiger partial charge in [-0.15, -0.1) is 11.0 Å². The van der Waals surface area contributed by atoms with Gasteiger partial charge in [-0.25, -0.2) is 0 Å². The van der Waals surface area contributed by atoms with Crippen LogP contribution >= 0.6 is 0 Å². The van der Waals surface area contributed by atoms with Gasteiger partial charge in [0, 0.05) is 61.6 Å². The molecule has 0 fully saturated rings. The van der Waals surface area contributed by atoms with Gasteiger partial charge in [-0.3, -0.25) is 0 Å². The van der Waals surface area contributed by atoms with Crippen LogP contribution in [0.3, 0.4) is 0 Å². The Morgan fingerprint density at radius 1 is 0.571 bits per heavy atom. The molecule has 0 amide bonds. The molecule has 0 aliphatic rings. The predicted octanol–water partition coefficient (Wildman–Crippen LogP) is 6.26. The van der Waals surface area contributed by atoms with Crippen LogP contribution in [0.15, 0.2) is 84.9 Å². The molecular weight excluding hydrogens is 417 g/mol. The van der Waals surface area contributed by atoms with Crippen LogP contribution in [-0.2, 0) is 39.8 Å². The van der Waals surface area contributed by atoms with Crippen LogP contribution in [0.25, 0.3) is 54.7 Å². The van der Waals surface area contributed by atoms with E-state index in [4.69, 9.17) is 4.98 Å². The van der Waals surface area contributed by atoms with Crippen molar-refractivity contribution < 1.29 is 32.7 Å². The largest absolute Gasteiger partial charge is 0.657 e. The van der Waals surface area contributed by atoms with Crippen molar-refractivity contribution in [1.82, 2.24) is 9.55 Å². The van der Waals surface area contributed by atoms with Gasteiger partial charge in [0.1, 0.15) is 0 Å². The molecule has 0 aliphatic carbocycles. The first-order chi connectivity index (χ1) is 13.3. The second kappa shape index (κ2) is 6.58. The molecule has 2 aromatic heterocycles. The maximum atomic E-state index is 4.74. The van der Waals surface area contributed by atoms with Crippen LogP contribution in [0, 0.1) is 0 Å². The van der Waals surface area contributed by atoms with Crippen LogP contribution in [0.4, 0.5) is 0 Å². The Balaban J connectivity index is 0.00000171. The second-order valence-corrected chi connectivity index (χ2v) is 7.17. The zero-order chi connectivity index (χ0) is 18.0. The molecule has 0 atom stereocenters.